The standard InChI is InChI=1S/C37H62N12O17/c1-15(2)11-22(35(64)49-23(14-50)36(65)47-21(30(41)59)12-25(39)53)48-34(63)19(6-9-27(55)56)44-31(60)16(3)43-26(54)13-42-32(61)18(5-8-24(38)52)45-33(62)20(7-10-28(57)58)46-37(66)29(40)17(4)51/h15-23,29,50-51H,5-14,40H2,1-4H3,(H2,38,52)(H2,39,53)(H2,41,59)(H,42,61)(H,43,54)(H,44,60)(H,45,62)(H,46,66)(H,47,65)(H,48,63)(H,49,64)(H,55,56)(H,57,58)/t16-,17+,18-,19-,20-,21-,22-,23-,29-/m0/s1. The second kappa shape index (κ2) is 29.4. The van der Waals surface area contributed by atoms with Crippen LogP contribution in [0.25, 0.3) is 0 Å². The Balaban J connectivity index is 5.97. The van der Waals surface area contributed by atoms with E-state index in [1.807, 2.05) is 0 Å². The number of amides is 11. The first-order chi connectivity index (χ1) is 30.6. The van der Waals surface area contributed by atoms with E-state index in [0.29, 0.717) is 0 Å². The van der Waals surface area contributed by atoms with E-state index >= 15 is 0 Å². The molecule has 0 bridgehead atoms. The molecule has 66 heavy (non-hydrogen) atoms. The molecule has 372 valence electrons. The van der Waals surface area contributed by atoms with Gasteiger partial charge in [0.15, 0.2) is 0 Å². The van der Waals surface area contributed by atoms with E-state index in [9.17, 15) is 77.6 Å². The predicted molar refractivity (Wildman–Crippen MR) is 224 cm³/mol. The van der Waals surface area contributed by atoms with Gasteiger partial charge in [-0.2, -0.15) is 0 Å². The Morgan fingerprint density at radius 2 is 0.909 bits per heavy atom. The zero-order valence-corrected chi connectivity index (χ0v) is 36.8. The molecule has 9 atom stereocenters. The molecule has 11 amide bonds. The number of carbonyl (C=O) groups excluding carboxylic acids is 11. The molecule has 0 heterocycles. The van der Waals surface area contributed by atoms with Crippen LogP contribution >= 0.6 is 0 Å². The van der Waals surface area contributed by atoms with Crippen LogP contribution in [0.3, 0.4) is 0 Å². The minimum Gasteiger partial charge on any atom is -0.481 e. The highest BCUT2D eigenvalue weighted by atomic mass is 16.4. The van der Waals surface area contributed by atoms with Gasteiger partial charge in [-0.3, -0.25) is 62.3 Å². The van der Waals surface area contributed by atoms with Gasteiger partial charge in [0.1, 0.15) is 48.3 Å². The summed E-state index contributed by atoms with van der Waals surface area (Å²) < 4.78 is 0. The van der Waals surface area contributed by atoms with Crippen LogP contribution in [-0.4, -0.2) is 165 Å². The Bertz CT molecular complexity index is 1800. The fourth-order valence-corrected chi connectivity index (χ4v) is 5.47. The number of carbonyl (C=O) groups is 13. The van der Waals surface area contributed by atoms with Crippen molar-refractivity contribution in [2.24, 2.45) is 28.9 Å². The lowest BCUT2D eigenvalue weighted by Crippen LogP contribution is -2.60. The summed E-state index contributed by atoms with van der Waals surface area (Å²) in [6, 6.07) is -12.6. The molecular formula is C37H62N12O17. The van der Waals surface area contributed by atoms with Crippen LogP contribution in [0.15, 0.2) is 0 Å². The highest BCUT2D eigenvalue weighted by molar-refractivity contribution is 5.98. The number of carboxylic acids is 2. The number of hydrogen-bond acceptors (Lipinski definition) is 16. The average molecular weight is 947 g/mol. The molecule has 0 aromatic rings. The van der Waals surface area contributed by atoms with Crippen LogP contribution < -0.4 is 65.5 Å². The number of aliphatic carboxylic acids is 2. The molecule has 20 N–H and O–H groups in total. The maximum Gasteiger partial charge on any atom is 0.303 e. The van der Waals surface area contributed by atoms with E-state index in [2.05, 4.69) is 42.5 Å². The van der Waals surface area contributed by atoms with Gasteiger partial charge >= 0.3 is 11.9 Å². The summed E-state index contributed by atoms with van der Waals surface area (Å²) in [6.45, 7) is 3.74. The third-order valence-corrected chi connectivity index (χ3v) is 9.11. The third kappa shape index (κ3) is 23.6. The fraction of sp³-hybridized carbons (Fsp3) is 0.649. The summed E-state index contributed by atoms with van der Waals surface area (Å²) in [7, 11) is 0. The van der Waals surface area contributed by atoms with Crippen LogP contribution in [0.4, 0.5) is 0 Å². The number of aliphatic hydroxyl groups excluding tert-OH is 2. The van der Waals surface area contributed by atoms with Gasteiger partial charge in [-0.1, -0.05) is 13.8 Å². The zero-order chi connectivity index (χ0) is 51.0. The van der Waals surface area contributed by atoms with Crippen LogP contribution in [0.2, 0.25) is 0 Å². The van der Waals surface area contributed by atoms with Crippen molar-refractivity contribution in [2.45, 2.75) is 134 Å². The molecule has 29 heteroatoms. The maximum atomic E-state index is 13.5. The second-order valence-corrected chi connectivity index (χ2v) is 15.4. The van der Waals surface area contributed by atoms with Crippen molar-refractivity contribution in [1.82, 2.24) is 42.5 Å². The van der Waals surface area contributed by atoms with Crippen molar-refractivity contribution in [1.29, 1.82) is 0 Å². The van der Waals surface area contributed by atoms with Crippen LogP contribution in [0.1, 0.15) is 79.1 Å². The summed E-state index contributed by atoms with van der Waals surface area (Å²) in [5.41, 5.74) is 21.0. The number of rotatable bonds is 32. The molecule has 0 aliphatic rings. The van der Waals surface area contributed by atoms with E-state index in [4.69, 9.17) is 28.0 Å². The highest BCUT2D eigenvalue weighted by Gasteiger charge is 2.34. The number of nitrogens with two attached hydrogens (primary N) is 4. The molecule has 0 aromatic heterocycles. The SMILES string of the molecule is CC(C)C[C@H](NC(=O)[C@H](CCC(=O)O)NC(=O)[C@H](C)NC(=O)CNC(=O)[C@H](CCC(N)=O)NC(=O)[C@H](CCC(=O)O)NC(=O)[C@@H](N)[C@@H](C)O)C(=O)N[C@@H](CO)C(=O)N[C@@H](CC(N)=O)C(N)=O. The maximum absolute atomic E-state index is 13.5. The summed E-state index contributed by atoms with van der Waals surface area (Å²) in [4.78, 5) is 161. The monoisotopic (exact) mass is 946 g/mol. The van der Waals surface area contributed by atoms with Crippen LogP contribution in [0, 0.1) is 5.92 Å². The lowest BCUT2D eigenvalue weighted by Gasteiger charge is -2.26. The number of carboxylic acid groups (broad SMARTS) is 2. The molecule has 0 spiro atoms. The molecule has 0 unspecified atom stereocenters. The smallest absolute Gasteiger partial charge is 0.303 e. The predicted octanol–water partition coefficient (Wildman–Crippen LogP) is -8.38. The highest BCUT2D eigenvalue weighted by Crippen LogP contribution is 2.09. The Hall–Kier alpha value is -7.01. The number of aliphatic hydroxyl groups is 2. The summed E-state index contributed by atoms with van der Waals surface area (Å²) >= 11 is 0. The van der Waals surface area contributed by atoms with Crippen molar-refractivity contribution in [3.8, 4) is 0 Å². The second-order valence-electron chi connectivity index (χ2n) is 15.4. The fourth-order valence-electron chi connectivity index (χ4n) is 5.47. The number of primary amides is 3. The summed E-state index contributed by atoms with van der Waals surface area (Å²) in [5.74, 6) is -14.7. The molecule has 0 aliphatic heterocycles. The Kier molecular flexibility index (Phi) is 26.3. The lowest BCUT2D eigenvalue weighted by molar-refractivity contribution is -0.139. The van der Waals surface area contributed by atoms with E-state index in [0.717, 1.165) is 6.92 Å². The molecule has 29 nitrogen and oxygen atoms in total. The first kappa shape index (κ1) is 59.0. The van der Waals surface area contributed by atoms with Gasteiger partial charge in [0.2, 0.25) is 65.0 Å². The van der Waals surface area contributed by atoms with Crippen molar-refractivity contribution in [3.63, 3.8) is 0 Å². The van der Waals surface area contributed by atoms with Gasteiger partial charge in [0.05, 0.1) is 25.7 Å². The molecule has 0 fully saturated rings. The molecule has 0 aromatic carbocycles. The van der Waals surface area contributed by atoms with E-state index in [-0.39, 0.29) is 12.3 Å². The van der Waals surface area contributed by atoms with Gasteiger partial charge in [-0.15, -0.1) is 0 Å². The van der Waals surface area contributed by atoms with E-state index < -0.39 is 189 Å². The van der Waals surface area contributed by atoms with Crippen LogP contribution in [0.5, 0.6) is 0 Å². The van der Waals surface area contributed by atoms with E-state index in [1.165, 1.54) is 6.92 Å². The number of nitrogens with one attached hydrogen (secondary N) is 8. The van der Waals surface area contributed by atoms with Crippen molar-refractivity contribution < 1.29 is 82.8 Å². The molecule has 0 radical (unpaired) electrons. The Labute approximate surface area is 377 Å². The van der Waals surface area contributed by atoms with Crippen LogP contribution in [-0.2, 0) is 62.3 Å². The largest absolute Gasteiger partial charge is 0.481 e. The quantitative estimate of drug-likeness (QED) is 0.0298. The normalized spacial score (nSPS) is 15.0. The first-order valence-electron chi connectivity index (χ1n) is 20.3. The first-order valence-corrected chi connectivity index (χ1v) is 20.3. The van der Waals surface area contributed by atoms with Gasteiger partial charge in [-0.25, -0.2) is 0 Å². The topological polar surface area (TPSA) is 503 Å². The van der Waals surface area contributed by atoms with Crippen molar-refractivity contribution >= 4 is 76.9 Å². The number of hydrogen-bond donors (Lipinski definition) is 16. The minimum absolute atomic E-state index is 0.103. The van der Waals surface area contributed by atoms with Gasteiger partial charge in [0, 0.05) is 19.3 Å². The average Bonchev–Trinajstić information content (AvgIpc) is 3.21. The van der Waals surface area contributed by atoms with Gasteiger partial charge < -0.3 is 85.9 Å². The van der Waals surface area contributed by atoms with Crippen molar-refractivity contribution in [2.75, 3.05) is 13.2 Å². The molecular weight excluding hydrogens is 884 g/mol. The molecule has 0 aliphatic carbocycles. The van der Waals surface area contributed by atoms with Crippen molar-refractivity contribution in [3.05, 3.63) is 0 Å². The zero-order valence-electron chi connectivity index (χ0n) is 36.8. The summed E-state index contributed by atoms with van der Waals surface area (Å²) in [5, 5.41) is 55.6. The molecule has 0 rings (SSSR count). The summed E-state index contributed by atoms with van der Waals surface area (Å²) in [6.07, 6.45) is -5.42. The minimum atomic E-state index is -1.74. The Morgan fingerprint density at radius 3 is 1.35 bits per heavy atom. The van der Waals surface area contributed by atoms with Gasteiger partial charge in [0.25, 0.3) is 0 Å². The van der Waals surface area contributed by atoms with E-state index in [1.54, 1.807) is 13.8 Å². The molecule has 0 saturated heterocycles. The van der Waals surface area contributed by atoms with Gasteiger partial charge in [-0.05, 0) is 45.4 Å². The third-order valence-electron chi connectivity index (χ3n) is 9.11. The lowest BCUT2D eigenvalue weighted by atomic mass is 10.0. The Morgan fingerprint density at radius 1 is 0.500 bits per heavy atom. The molecule has 0 saturated carbocycles.